The van der Waals surface area contributed by atoms with Crippen LogP contribution in [0.5, 0.6) is 0 Å². The number of nitrogens with two attached hydrogens (primary N) is 1. The predicted molar refractivity (Wildman–Crippen MR) is 70.9 cm³/mol. The summed E-state index contributed by atoms with van der Waals surface area (Å²) >= 11 is 0. The van der Waals surface area contributed by atoms with Gasteiger partial charge in [-0.25, -0.2) is 13.1 Å². The molecule has 102 valence electrons. The van der Waals surface area contributed by atoms with Crippen LogP contribution in [0.3, 0.4) is 0 Å². The molecule has 0 fully saturated rings. The van der Waals surface area contributed by atoms with E-state index in [0.29, 0.717) is 26.1 Å². The van der Waals surface area contributed by atoms with Crippen LogP contribution in [0.15, 0.2) is 29.2 Å². The largest absolute Gasteiger partial charge is 0.385 e. The van der Waals surface area contributed by atoms with Crippen molar-refractivity contribution in [2.75, 3.05) is 26.8 Å². The summed E-state index contributed by atoms with van der Waals surface area (Å²) in [4.78, 5) is 0.278. The Morgan fingerprint density at radius 2 is 1.94 bits per heavy atom. The maximum atomic E-state index is 11.9. The van der Waals surface area contributed by atoms with E-state index in [1.807, 2.05) is 0 Å². The second kappa shape index (κ2) is 7.48. The van der Waals surface area contributed by atoms with Gasteiger partial charge in [-0.1, -0.05) is 12.1 Å². The predicted octanol–water partition coefficient (Wildman–Crippen LogP) is 0.503. The van der Waals surface area contributed by atoms with Gasteiger partial charge in [-0.2, -0.15) is 0 Å². The smallest absolute Gasteiger partial charge is 0.240 e. The van der Waals surface area contributed by atoms with Crippen LogP contribution in [0.2, 0.25) is 0 Å². The fourth-order valence-electron chi connectivity index (χ4n) is 1.51. The molecule has 0 atom stereocenters. The van der Waals surface area contributed by atoms with Crippen molar-refractivity contribution in [2.24, 2.45) is 5.73 Å². The summed E-state index contributed by atoms with van der Waals surface area (Å²) in [5.41, 5.74) is 6.47. The lowest BCUT2D eigenvalue weighted by Crippen LogP contribution is -2.25. The van der Waals surface area contributed by atoms with Crippen molar-refractivity contribution in [3.8, 4) is 0 Å². The van der Waals surface area contributed by atoms with E-state index in [2.05, 4.69) is 4.72 Å². The maximum absolute atomic E-state index is 11.9. The number of sulfonamides is 1. The van der Waals surface area contributed by atoms with Crippen molar-refractivity contribution in [3.63, 3.8) is 0 Å². The van der Waals surface area contributed by atoms with Gasteiger partial charge in [-0.05, 0) is 37.1 Å². The molecular weight excluding hydrogens is 252 g/mol. The zero-order chi connectivity index (χ0) is 13.4. The lowest BCUT2D eigenvalue weighted by molar-refractivity contribution is 0.196. The minimum absolute atomic E-state index is 0.278. The Labute approximate surface area is 108 Å². The molecule has 0 aliphatic carbocycles. The number of methoxy groups -OCH3 is 1. The standard InChI is InChI=1S/C12H20N2O3S/c1-17-10-2-9-14-18(15,16)12-5-3-11(4-6-12)7-8-13/h3-6,14H,2,7-10,13H2,1H3. The lowest BCUT2D eigenvalue weighted by atomic mass is 10.2. The van der Waals surface area contributed by atoms with Gasteiger partial charge in [-0.3, -0.25) is 0 Å². The first-order valence-corrected chi connectivity index (χ1v) is 7.36. The van der Waals surface area contributed by atoms with E-state index in [-0.39, 0.29) is 4.90 Å². The molecule has 0 saturated heterocycles. The molecule has 3 N–H and O–H groups in total. The Hall–Kier alpha value is -0.950. The summed E-state index contributed by atoms with van der Waals surface area (Å²) in [6.07, 6.45) is 1.41. The fraction of sp³-hybridized carbons (Fsp3) is 0.500. The molecule has 0 saturated carbocycles. The topological polar surface area (TPSA) is 81.4 Å². The van der Waals surface area contributed by atoms with E-state index in [0.717, 1.165) is 12.0 Å². The van der Waals surface area contributed by atoms with Crippen molar-refractivity contribution in [2.45, 2.75) is 17.7 Å². The zero-order valence-corrected chi connectivity index (χ0v) is 11.4. The van der Waals surface area contributed by atoms with Gasteiger partial charge in [0.2, 0.25) is 10.0 Å². The second-order valence-corrected chi connectivity index (χ2v) is 5.69. The van der Waals surface area contributed by atoms with Crippen LogP contribution >= 0.6 is 0 Å². The summed E-state index contributed by atoms with van der Waals surface area (Å²) in [6.45, 7) is 1.47. The van der Waals surface area contributed by atoms with Crippen LogP contribution in [0.1, 0.15) is 12.0 Å². The van der Waals surface area contributed by atoms with Crippen LogP contribution < -0.4 is 10.5 Å². The molecule has 0 unspecified atom stereocenters. The van der Waals surface area contributed by atoms with Crippen LogP contribution in [0.4, 0.5) is 0 Å². The first-order valence-electron chi connectivity index (χ1n) is 5.88. The zero-order valence-electron chi connectivity index (χ0n) is 10.6. The van der Waals surface area contributed by atoms with E-state index in [1.54, 1.807) is 31.4 Å². The van der Waals surface area contributed by atoms with Gasteiger partial charge < -0.3 is 10.5 Å². The Morgan fingerprint density at radius 1 is 1.28 bits per heavy atom. The van der Waals surface area contributed by atoms with Gasteiger partial charge in [0.1, 0.15) is 0 Å². The molecule has 6 heteroatoms. The van der Waals surface area contributed by atoms with Crippen LogP contribution in [0.25, 0.3) is 0 Å². The molecule has 0 heterocycles. The number of rotatable bonds is 8. The highest BCUT2D eigenvalue weighted by molar-refractivity contribution is 7.89. The number of benzene rings is 1. The molecule has 0 amide bonds. The monoisotopic (exact) mass is 272 g/mol. The molecule has 0 radical (unpaired) electrons. The number of hydrogen-bond acceptors (Lipinski definition) is 4. The van der Waals surface area contributed by atoms with Crippen molar-refractivity contribution in [3.05, 3.63) is 29.8 Å². The quantitative estimate of drug-likeness (QED) is 0.675. The number of nitrogens with one attached hydrogen (secondary N) is 1. The third kappa shape index (κ3) is 4.73. The first kappa shape index (κ1) is 15.1. The summed E-state index contributed by atoms with van der Waals surface area (Å²) in [5, 5.41) is 0. The molecular formula is C12H20N2O3S. The SMILES string of the molecule is COCCCNS(=O)(=O)c1ccc(CCN)cc1. The van der Waals surface area contributed by atoms with Crippen LogP contribution in [-0.2, 0) is 21.2 Å². The third-order valence-electron chi connectivity index (χ3n) is 2.48. The van der Waals surface area contributed by atoms with Gasteiger partial charge in [-0.15, -0.1) is 0 Å². The van der Waals surface area contributed by atoms with Crippen molar-refractivity contribution in [1.29, 1.82) is 0 Å². The third-order valence-corrected chi connectivity index (χ3v) is 3.96. The average molecular weight is 272 g/mol. The molecule has 0 aromatic heterocycles. The van der Waals surface area contributed by atoms with Gasteiger partial charge in [0.15, 0.2) is 0 Å². The Morgan fingerprint density at radius 3 is 2.50 bits per heavy atom. The van der Waals surface area contributed by atoms with E-state index in [1.165, 1.54) is 0 Å². The van der Waals surface area contributed by atoms with Gasteiger partial charge in [0.05, 0.1) is 4.90 Å². The fourth-order valence-corrected chi connectivity index (χ4v) is 2.58. The summed E-state index contributed by atoms with van der Waals surface area (Å²) in [5.74, 6) is 0. The Kier molecular flexibility index (Phi) is 6.28. The van der Waals surface area contributed by atoms with E-state index in [9.17, 15) is 8.42 Å². The van der Waals surface area contributed by atoms with Crippen LogP contribution in [-0.4, -0.2) is 35.2 Å². The van der Waals surface area contributed by atoms with Crippen molar-refractivity contribution >= 4 is 10.0 Å². The minimum Gasteiger partial charge on any atom is -0.385 e. The minimum atomic E-state index is -3.41. The van der Waals surface area contributed by atoms with Gasteiger partial charge >= 0.3 is 0 Å². The average Bonchev–Trinajstić information content (AvgIpc) is 2.36. The normalized spacial score (nSPS) is 11.7. The molecule has 0 aliphatic heterocycles. The molecule has 1 aromatic rings. The van der Waals surface area contributed by atoms with Gasteiger partial charge in [0, 0.05) is 20.3 Å². The highest BCUT2D eigenvalue weighted by atomic mass is 32.2. The highest BCUT2D eigenvalue weighted by Crippen LogP contribution is 2.10. The number of hydrogen-bond donors (Lipinski definition) is 2. The summed E-state index contributed by atoms with van der Waals surface area (Å²) in [6, 6.07) is 6.78. The second-order valence-electron chi connectivity index (χ2n) is 3.93. The van der Waals surface area contributed by atoms with E-state index in [4.69, 9.17) is 10.5 Å². The molecule has 1 aromatic carbocycles. The molecule has 0 spiro atoms. The number of ether oxygens (including phenoxy) is 1. The van der Waals surface area contributed by atoms with E-state index >= 15 is 0 Å². The van der Waals surface area contributed by atoms with Gasteiger partial charge in [0.25, 0.3) is 0 Å². The summed E-state index contributed by atoms with van der Waals surface area (Å²) in [7, 11) is -1.82. The first-order chi connectivity index (χ1) is 8.60. The Balaban J connectivity index is 2.61. The van der Waals surface area contributed by atoms with Crippen LogP contribution in [0, 0.1) is 0 Å². The molecule has 0 aliphatic rings. The molecule has 18 heavy (non-hydrogen) atoms. The highest BCUT2D eigenvalue weighted by Gasteiger charge is 2.12. The maximum Gasteiger partial charge on any atom is 0.240 e. The molecule has 1 rings (SSSR count). The molecule has 0 bridgehead atoms. The van der Waals surface area contributed by atoms with E-state index < -0.39 is 10.0 Å². The Bertz CT molecular complexity index is 443. The molecule has 5 nitrogen and oxygen atoms in total. The van der Waals surface area contributed by atoms with Crippen molar-refractivity contribution in [1.82, 2.24) is 4.72 Å². The van der Waals surface area contributed by atoms with Crippen molar-refractivity contribution < 1.29 is 13.2 Å². The summed E-state index contributed by atoms with van der Waals surface area (Å²) < 4.78 is 31.2. The lowest BCUT2D eigenvalue weighted by Gasteiger charge is -2.07.